The fraction of sp³-hybridized carbons (Fsp3) is 0.889. The van der Waals surface area contributed by atoms with Crippen LogP contribution in [0.2, 0.25) is 0 Å². The fourth-order valence-corrected chi connectivity index (χ4v) is 2.97. The summed E-state index contributed by atoms with van der Waals surface area (Å²) in [6.45, 7) is 11.5. The van der Waals surface area contributed by atoms with E-state index in [0.717, 1.165) is 37.8 Å². The Morgan fingerprint density at radius 3 is 2.38 bits per heavy atom. The molecule has 0 unspecified atom stereocenters. The van der Waals surface area contributed by atoms with Crippen LogP contribution in [0.3, 0.4) is 0 Å². The maximum atomic E-state index is 12.4. The van der Waals surface area contributed by atoms with Crippen LogP contribution >= 0.6 is 0 Å². The number of hydrogen-bond acceptors (Lipinski definition) is 3. The van der Waals surface area contributed by atoms with Gasteiger partial charge in [0.25, 0.3) is 0 Å². The van der Waals surface area contributed by atoms with Crippen molar-refractivity contribution < 1.29 is 9.53 Å². The smallest absolute Gasteiger partial charge is 0.410 e. The normalized spacial score (nSPS) is 20.0. The molecule has 0 radical (unpaired) electrons. The highest BCUT2D eigenvalue weighted by Gasteiger charge is 2.35. The average Bonchev–Trinajstić information content (AvgIpc) is 3.31. The van der Waals surface area contributed by atoms with Gasteiger partial charge in [-0.3, -0.25) is 4.99 Å². The summed E-state index contributed by atoms with van der Waals surface area (Å²) in [7, 11) is 1.83. The van der Waals surface area contributed by atoms with E-state index in [4.69, 9.17) is 4.74 Å². The molecule has 0 aromatic heterocycles. The van der Waals surface area contributed by atoms with Gasteiger partial charge in [0.1, 0.15) is 5.60 Å². The minimum atomic E-state index is -0.446. The van der Waals surface area contributed by atoms with E-state index in [1.807, 2.05) is 32.7 Å². The van der Waals surface area contributed by atoms with Crippen molar-refractivity contribution in [1.29, 1.82) is 0 Å². The number of guanidine groups is 1. The van der Waals surface area contributed by atoms with E-state index in [0.29, 0.717) is 19.1 Å². The van der Waals surface area contributed by atoms with Gasteiger partial charge in [-0.2, -0.15) is 0 Å². The number of nitrogens with one attached hydrogen (secondary N) is 1. The number of likely N-dealkylation sites (tertiary alicyclic amines) is 1. The maximum absolute atomic E-state index is 12.4. The van der Waals surface area contributed by atoms with E-state index in [9.17, 15) is 4.79 Å². The molecule has 138 valence electrons. The summed E-state index contributed by atoms with van der Waals surface area (Å²) in [4.78, 5) is 20.9. The van der Waals surface area contributed by atoms with Crippen LogP contribution in [0.4, 0.5) is 4.79 Å². The van der Waals surface area contributed by atoms with Crippen LogP contribution in [0.1, 0.15) is 53.4 Å². The predicted octanol–water partition coefficient (Wildman–Crippen LogP) is 2.69. The summed E-state index contributed by atoms with van der Waals surface area (Å²) in [5, 5.41) is 3.41. The quantitative estimate of drug-likeness (QED) is 0.632. The van der Waals surface area contributed by atoms with Crippen molar-refractivity contribution >= 4 is 12.1 Å². The third-order valence-electron chi connectivity index (χ3n) is 4.55. The van der Waals surface area contributed by atoms with E-state index < -0.39 is 5.60 Å². The number of carbonyl (C=O) groups excluding carboxylic acids is 1. The first-order valence-corrected chi connectivity index (χ1v) is 9.25. The highest BCUT2D eigenvalue weighted by atomic mass is 16.6. The van der Waals surface area contributed by atoms with Gasteiger partial charge in [0.15, 0.2) is 5.96 Å². The number of nitrogens with zero attached hydrogens (tertiary/aromatic N) is 3. The first-order valence-electron chi connectivity index (χ1n) is 9.25. The van der Waals surface area contributed by atoms with Crippen molar-refractivity contribution in [1.82, 2.24) is 15.1 Å². The molecule has 0 aromatic carbocycles. The second kappa shape index (κ2) is 8.08. The van der Waals surface area contributed by atoms with Gasteiger partial charge < -0.3 is 19.9 Å². The molecule has 6 nitrogen and oxygen atoms in total. The number of ether oxygens (including phenoxy) is 1. The fourth-order valence-electron chi connectivity index (χ4n) is 2.97. The van der Waals surface area contributed by atoms with Gasteiger partial charge in [-0.15, -0.1) is 0 Å². The molecule has 1 saturated carbocycles. The van der Waals surface area contributed by atoms with E-state index in [2.05, 4.69) is 22.1 Å². The molecule has 1 aliphatic heterocycles. The molecule has 1 heterocycles. The second-order valence-electron chi connectivity index (χ2n) is 8.05. The molecule has 0 atom stereocenters. The Bertz CT molecular complexity index is 446. The van der Waals surface area contributed by atoms with Crippen LogP contribution in [0, 0.1) is 5.92 Å². The largest absolute Gasteiger partial charge is 0.444 e. The van der Waals surface area contributed by atoms with E-state index in [-0.39, 0.29) is 6.09 Å². The lowest BCUT2D eigenvalue weighted by Crippen LogP contribution is -2.48. The number of carbonyl (C=O) groups is 1. The molecular weight excluding hydrogens is 304 g/mol. The number of amides is 1. The molecule has 6 heteroatoms. The molecule has 24 heavy (non-hydrogen) atoms. The zero-order chi connectivity index (χ0) is 17.7. The molecule has 0 bridgehead atoms. The van der Waals surface area contributed by atoms with Crippen molar-refractivity contribution in [2.75, 3.05) is 33.2 Å². The molecular formula is C18H34N4O2. The Kier molecular flexibility index (Phi) is 6.35. The van der Waals surface area contributed by atoms with E-state index in [1.165, 1.54) is 12.8 Å². The molecule has 1 aliphatic carbocycles. The molecule has 2 fully saturated rings. The average molecular weight is 338 g/mol. The topological polar surface area (TPSA) is 57.2 Å². The number of piperidine rings is 1. The van der Waals surface area contributed by atoms with Gasteiger partial charge >= 0.3 is 6.09 Å². The molecule has 2 aliphatic rings. The third-order valence-corrected chi connectivity index (χ3v) is 4.55. The zero-order valence-electron chi connectivity index (χ0n) is 16.0. The van der Waals surface area contributed by atoms with Crippen LogP contribution in [0.15, 0.2) is 4.99 Å². The summed E-state index contributed by atoms with van der Waals surface area (Å²) in [5.74, 6) is 1.75. The van der Waals surface area contributed by atoms with Crippen LogP contribution < -0.4 is 5.32 Å². The van der Waals surface area contributed by atoms with Crippen molar-refractivity contribution in [2.45, 2.75) is 65.0 Å². The molecule has 1 saturated heterocycles. The Morgan fingerprint density at radius 2 is 1.88 bits per heavy atom. The van der Waals surface area contributed by atoms with Crippen LogP contribution in [-0.2, 0) is 4.74 Å². The Morgan fingerprint density at radius 1 is 1.25 bits per heavy atom. The van der Waals surface area contributed by atoms with Gasteiger partial charge in [-0.05, 0) is 52.4 Å². The van der Waals surface area contributed by atoms with E-state index in [1.54, 1.807) is 0 Å². The van der Waals surface area contributed by atoms with Crippen molar-refractivity contribution in [3.8, 4) is 0 Å². The predicted molar refractivity (Wildman–Crippen MR) is 97.3 cm³/mol. The highest BCUT2D eigenvalue weighted by Crippen LogP contribution is 2.28. The van der Waals surface area contributed by atoms with Gasteiger partial charge in [0.05, 0.1) is 0 Å². The molecule has 1 N–H and O–H groups in total. The lowest BCUT2D eigenvalue weighted by atomic mass is 10.00. The number of rotatable bonds is 4. The standard InChI is InChI=1S/C18H34N4O2/c1-14-8-11-21(12-9-14)16(19-5)20-10-13-22(15-6-7-15)17(23)24-18(2,3)4/h14-15H,6-13H2,1-5H3,(H,19,20). The minimum Gasteiger partial charge on any atom is -0.444 e. The van der Waals surface area contributed by atoms with Crippen molar-refractivity contribution in [3.63, 3.8) is 0 Å². The molecule has 2 rings (SSSR count). The minimum absolute atomic E-state index is 0.200. The summed E-state index contributed by atoms with van der Waals surface area (Å²) in [6.07, 6.45) is 4.39. The number of hydrogen-bond donors (Lipinski definition) is 1. The summed E-state index contributed by atoms with van der Waals surface area (Å²) < 4.78 is 5.53. The summed E-state index contributed by atoms with van der Waals surface area (Å²) >= 11 is 0. The second-order valence-corrected chi connectivity index (χ2v) is 8.05. The molecule has 1 amide bonds. The Balaban J connectivity index is 1.80. The van der Waals surface area contributed by atoms with Gasteiger partial charge in [-0.1, -0.05) is 6.92 Å². The van der Waals surface area contributed by atoms with Crippen molar-refractivity contribution in [3.05, 3.63) is 0 Å². The first-order chi connectivity index (χ1) is 11.3. The van der Waals surface area contributed by atoms with Gasteiger partial charge in [0, 0.05) is 39.3 Å². The lowest BCUT2D eigenvalue weighted by Gasteiger charge is -2.33. The summed E-state index contributed by atoms with van der Waals surface area (Å²) in [5.41, 5.74) is -0.446. The van der Waals surface area contributed by atoms with Crippen molar-refractivity contribution in [2.24, 2.45) is 10.9 Å². The zero-order valence-corrected chi connectivity index (χ0v) is 16.0. The van der Waals surface area contributed by atoms with Gasteiger partial charge in [-0.25, -0.2) is 4.79 Å². The van der Waals surface area contributed by atoms with Crippen LogP contribution in [0.5, 0.6) is 0 Å². The highest BCUT2D eigenvalue weighted by molar-refractivity contribution is 5.80. The Hall–Kier alpha value is -1.46. The lowest BCUT2D eigenvalue weighted by molar-refractivity contribution is 0.0237. The van der Waals surface area contributed by atoms with Crippen LogP contribution in [-0.4, -0.2) is 66.7 Å². The van der Waals surface area contributed by atoms with E-state index >= 15 is 0 Å². The van der Waals surface area contributed by atoms with Gasteiger partial charge in [0.2, 0.25) is 0 Å². The number of aliphatic imine (C=N–C) groups is 1. The first kappa shape index (κ1) is 18.9. The summed E-state index contributed by atoms with van der Waals surface area (Å²) in [6, 6.07) is 0.347. The van der Waals surface area contributed by atoms with Crippen LogP contribution in [0.25, 0.3) is 0 Å². The Labute approximate surface area is 146 Å². The maximum Gasteiger partial charge on any atom is 0.410 e. The molecule has 0 aromatic rings. The molecule has 0 spiro atoms. The SMILES string of the molecule is CN=C(NCCN(C(=O)OC(C)(C)C)C1CC1)N1CCC(C)CC1. The third kappa shape index (κ3) is 5.87. The monoisotopic (exact) mass is 338 g/mol.